The van der Waals surface area contributed by atoms with E-state index in [-0.39, 0.29) is 39.1 Å². The summed E-state index contributed by atoms with van der Waals surface area (Å²) in [6.07, 6.45) is 12.1. The van der Waals surface area contributed by atoms with Crippen molar-refractivity contribution in [1.82, 2.24) is 0 Å². The first-order valence-corrected chi connectivity index (χ1v) is 23.2. The third kappa shape index (κ3) is 5.51. The van der Waals surface area contributed by atoms with E-state index in [1.807, 2.05) is 0 Å². The molecule has 0 radical (unpaired) electrons. The number of aliphatic hydroxyl groups excluding tert-OH is 1. The van der Waals surface area contributed by atoms with Gasteiger partial charge in [0.05, 0.1) is 0 Å². The molecule has 5 aliphatic carbocycles. The van der Waals surface area contributed by atoms with Gasteiger partial charge in [0.1, 0.15) is 29.3 Å². The summed E-state index contributed by atoms with van der Waals surface area (Å²) < 4.78 is 6.85. The summed E-state index contributed by atoms with van der Waals surface area (Å²) in [5, 5.41) is 14.6. The summed E-state index contributed by atoms with van der Waals surface area (Å²) in [6.45, 7) is 20.0. The van der Waals surface area contributed by atoms with Crippen LogP contribution in [0.1, 0.15) is 106 Å². The van der Waals surface area contributed by atoms with Crippen LogP contribution in [0, 0.1) is 56.7 Å². The monoisotopic (exact) mass is 745 g/mol. The van der Waals surface area contributed by atoms with Crippen LogP contribution in [0.4, 0.5) is 0 Å². The standard InChI is InChI=1S/C50H66O3P/c1-35(2)39-25-30-50(34-51)32-31-48(6)40(45(39)50)23-24-42-47(5)28-27-43(46(3,4)41(47)26-29-49(42,48)7)53-44(52)33-54(36-17-11-8-12-18-36,37-19-13-9-14-20-37)38-21-15-10-16-22-38/h8-22,39-43,45,51H,1,23-34H2,2-7H3/q+1/t39-,40?,41?,42?,43-,45?,47-,48+,49+,50+/m0/s1. The molecule has 0 heterocycles. The number of carbonyl (C=O) groups excluding carboxylic acids is 1. The Kier molecular flexibility index (Phi) is 9.70. The molecule has 3 aromatic rings. The molecule has 0 bridgehead atoms. The average Bonchev–Trinajstić information content (AvgIpc) is 3.57. The topological polar surface area (TPSA) is 46.5 Å². The molecule has 4 heteroatoms. The van der Waals surface area contributed by atoms with Crippen molar-refractivity contribution < 1.29 is 14.6 Å². The van der Waals surface area contributed by atoms with Gasteiger partial charge >= 0.3 is 5.97 Å². The number of ether oxygens (including phenoxy) is 1. The number of rotatable bonds is 8. The minimum atomic E-state index is -2.33. The number of carbonyl (C=O) groups is 1. The Hall–Kier alpha value is -2.74. The van der Waals surface area contributed by atoms with E-state index in [9.17, 15) is 9.90 Å². The molecule has 3 aromatic carbocycles. The van der Waals surface area contributed by atoms with E-state index in [0.29, 0.717) is 42.4 Å². The van der Waals surface area contributed by atoms with Gasteiger partial charge in [-0.1, -0.05) is 101 Å². The average molecular weight is 746 g/mol. The predicted octanol–water partition coefficient (Wildman–Crippen LogP) is 10.5. The molecule has 1 N–H and O–H groups in total. The fourth-order valence-electron chi connectivity index (χ4n) is 14.9. The van der Waals surface area contributed by atoms with Crippen LogP contribution in [-0.2, 0) is 9.53 Å². The summed E-state index contributed by atoms with van der Waals surface area (Å²) in [4.78, 5) is 14.7. The fourth-order valence-corrected chi connectivity index (χ4v) is 18.9. The van der Waals surface area contributed by atoms with Crippen LogP contribution in [0.3, 0.4) is 0 Å². The van der Waals surface area contributed by atoms with Crippen molar-refractivity contribution in [3.05, 3.63) is 103 Å². The van der Waals surface area contributed by atoms with Gasteiger partial charge < -0.3 is 9.84 Å². The van der Waals surface area contributed by atoms with Gasteiger partial charge in [-0.2, -0.15) is 0 Å². The van der Waals surface area contributed by atoms with Crippen LogP contribution in [0.25, 0.3) is 0 Å². The molecule has 3 nitrogen and oxygen atoms in total. The zero-order chi connectivity index (χ0) is 38.1. The Labute approximate surface area is 327 Å². The van der Waals surface area contributed by atoms with Crippen LogP contribution < -0.4 is 15.9 Å². The van der Waals surface area contributed by atoms with Crippen LogP contribution >= 0.6 is 7.26 Å². The van der Waals surface area contributed by atoms with E-state index in [1.165, 1.54) is 60.0 Å². The molecule has 288 valence electrons. The fraction of sp³-hybridized carbons (Fsp3) is 0.580. The van der Waals surface area contributed by atoms with E-state index in [0.717, 1.165) is 25.7 Å². The van der Waals surface area contributed by atoms with E-state index in [4.69, 9.17) is 4.74 Å². The van der Waals surface area contributed by atoms with Crippen LogP contribution in [0.15, 0.2) is 103 Å². The zero-order valence-corrected chi connectivity index (χ0v) is 34.9. The third-order valence-electron chi connectivity index (χ3n) is 17.7. The molecule has 8 rings (SSSR count). The molecule has 5 saturated carbocycles. The molecule has 0 amide bonds. The smallest absolute Gasteiger partial charge is 0.345 e. The normalized spacial score (nSPS) is 38.3. The van der Waals surface area contributed by atoms with Gasteiger partial charge in [-0.05, 0) is 159 Å². The number of hydrogen-bond donors (Lipinski definition) is 1. The maximum Gasteiger partial charge on any atom is 0.345 e. The molecule has 5 fully saturated rings. The molecule has 54 heavy (non-hydrogen) atoms. The molecule has 0 aliphatic heterocycles. The Morgan fingerprint density at radius 1 is 0.704 bits per heavy atom. The van der Waals surface area contributed by atoms with Crippen LogP contribution in [0.5, 0.6) is 0 Å². The molecule has 0 aromatic heterocycles. The van der Waals surface area contributed by atoms with Crippen LogP contribution in [0.2, 0.25) is 0 Å². The molecule has 5 aliphatic rings. The van der Waals surface area contributed by atoms with Crippen molar-refractivity contribution in [2.45, 2.75) is 112 Å². The summed E-state index contributed by atoms with van der Waals surface area (Å²) in [5.41, 5.74) is 2.03. The Morgan fingerprint density at radius 3 is 1.81 bits per heavy atom. The number of allylic oxidation sites excluding steroid dienone is 1. The van der Waals surface area contributed by atoms with Gasteiger partial charge in [-0.25, -0.2) is 4.79 Å². The van der Waals surface area contributed by atoms with E-state index < -0.39 is 7.26 Å². The van der Waals surface area contributed by atoms with Crippen molar-refractivity contribution in [2.24, 2.45) is 56.7 Å². The molecule has 0 spiro atoms. The first kappa shape index (κ1) is 38.1. The van der Waals surface area contributed by atoms with Crippen LogP contribution in [-0.4, -0.2) is 29.9 Å². The van der Waals surface area contributed by atoms with Gasteiger partial charge in [-0.15, -0.1) is 0 Å². The number of esters is 1. The van der Waals surface area contributed by atoms with Gasteiger partial charge in [-0.3, -0.25) is 0 Å². The SMILES string of the molecule is C=C(C)[C@@H]1CC[C@]2(CO)CC[C@]3(C)C(CCC4[C@@]5(C)CC[C@H](OC(=O)C[P+](c6ccccc6)(c6ccccc6)c6ccccc6)C(C)(C)C5CC[C@]43C)C12. The lowest BCUT2D eigenvalue weighted by Crippen LogP contribution is -2.67. The first-order chi connectivity index (χ1) is 25.8. The maximum atomic E-state index is 14.7. The number of fused-ring (bicyclic) bond motifs is 7. The molecule has 4 unspecified atom stereocenters. The Balaban J connectivity index is 1.07. The third-order valence-corrected chi connectivity index (χ3v) is 22.0. The number of benzene rings is 3. The second-order valence-corrected chi connectivity index (χ2v) is 23.5. The van der Waals surface area contributed by atoms with Gasteiger partial charge in [0.15, 0.2) is 6.16 Å². The largest absolute Gasteiger partial charge is 0.459 e. The van der Waals surface area contributed by atoms with Crippen molar-refractivity contribution in [1.29, 1.82) is 0 Å². The lowest BCUT2D eigenvalue weighted by Gasteiger charge is -2.73. The van der Waals surface area contributed by atoms with Crippen molar-refractivity contribution in [3.8, 4) is 0 Å². The minimum absolute atomic E-state index is 0.0616. The van der Waals surface area contributed by atoms with E-state index >= 15 is 0 Å². The summed E-state index contributed by atoms with van der Waals surface area (Å²) in [5.74, 6) is 2.85. The van der Waals surface area contributed by atoms with Crippen molar-refractivity contribution >= 4 is 29.1 Å². The maximum absolute atomic E-state index is 14.7. The second-order valence-electron chi connectivity index (χ2n) is 20.0. The number of hydrogen-bond acceptors (Lipinski definition) is 3. The summed E-state index contributed by atoms with van der Waals surface area (Å²) in [7, 11) is -2.33. The van der Waals surface area contributed by atoms with Crippen molar-refractivity contribution in [3.63, 3.8) is 0 Å². The highest BCUT2D eigenvalue weighted by molar-refractivity contribution is 7.96. The van der Waals surface area contributed by atoms with Gasteiger partial charge in [0.25, 0.3) is 0 Å². The van der Waals surface area contributed by atoms with E-state index in [2.05, 4.69) is 139 Å². The Bertz CT molecular complexity index is 1740. The molecule has 0 saturated heterocycles. The zero-order valence-electron chi connectivity index (χ0n) is 34.0. The molecular formula is C50H66O3P+. The van der Waals surface area contributed by atoms with Crippen molar-refractivity contribution in [2.75, 3.05) is 12.8 Å². The molecule has 10 atom stereocenters. The quantitative estimate of drug-likeness (QED) is 0.142. The summed E-state index contributed by atoms with van der Waals surface area (Å²) >= 11 is 0. The predicted molar refractivity (Wildman–Crippen MR) is 226 cm³/mol. The highest BCUT2D eigenvalue weighted by atomic mass is 31.2. The molecular weight excluding hydrogens is 680 g/mol. The van der Waals surface area contributed by atoms with Gasteiger partial charge in [0.2, 0.25) is 0 Å². The minimum Gasteiger partial charge on any atom is -0.459 e. The second kappa shape index (κ2) is 13.7. The summed E-state index contributed by atoms with van der Waals surface area (Å²) in [6, 6.07) is 32.2. The highest BCUT2D eigenvalue weighted by Gasteiger charge is 2.71. The Morgan fingerprint density at radius 2 is 1.28 bits per heavy atom. The van der Waals surface area contributed by atoms with E-state index in [1.54, 1.807) is 0 Å². The number of aliphatic hydroxyl groups is 1. The first-order valence-electron chi connectivity index (χ1n) is 21.3. The lowest BCUT2D eigenvalue weighted by atomic mass is 9.32. The van der Waals surface area contributed by atoms with Gasteiger partial charge in [0, 0.05) is 12.0 Å². The lowest BCUT2D eigenvalue weighted by molar-refractivity contribution is -0.251. The highest BCUT2D eigenvalue weighted by Crippen LogP contribution is 2.77.